The molecule has 1 aromatic carbocycles. The molecule has 82 valence electrons. The molecule has 0 radical (unpaired) electrons. The Bertz CT molecular complexity index is 327. The van der Waals surface area contributed by atoms with Crippen molar-refractivity contribution in [3.8, 4) is 0 Å². The Hall–Kier alpha value is -1.22. The Morgan fingerprint density at radius 2 is 2.20 bits per heavy atom. The van der Waals surface area contributed by atoms with Gasteiger partial charge in [0.1, 0.15) is 0 Å². The molecule has 2 rings (SSSR count). The van der Waals surface area contributed by atoms with Gasteiger partial charge in [0.15, 0.2) is 0 Å². The summed E-state index contributed by atoms with van der Waals surface area (Å²) in [6.45, 7) is 2.63. The van der Waals surface area contributed by atoms with Crippen molar-refractivity contribution >= 4 is 11.4 Å². The summed E-state index contributed by atoms with van der Waals surface area (Å²) in [7, 11) is 0. The molecule has 3 nitrogen and oxygen atoms in total. The second-order valence-electron chi connectivity index (χ2n) is 4.42. The van der Waals surface area contributed by atoms with Gasteiger partial charge >= 0.3 is 0 Å². The normalized spacial score (nSPS) is 17.5. The molecule has 0 saturated heterocycles. The molecule has 0 aromatic heterocycles. The second kappa shape index (κ2) is 4.11. The number of benzene rings is 1. The molecule has 1 saturated carbocycles. The maximum absolute atomic E-state index is 9.70. The second-order valence-corrected chi connectivity index (χ2v) is 4.42. The number of anilines is 2. The predicted octanol–water partition coefficient (Wildman–Crippen LogP) is 1.76. The maximum atomic E-state index is 9.70. The molecule has 1 aliphatic carbocycles. The number of aliphatic hydroxyl groups is 1. The van der Waals surface area contributed by atoms with Crippen molar-refractivity contribution < 1.29 is 5.11 Å². The van der Waals surface area contributed by atoms with E-state index >= 15 is 0 Å². The molecular weight excluding hydrogens is 188 g/mol. The van der Waals surface area contributed by atoms with E-state index < -0.39 is 0 Å². The molecular formula is C12H18N2O. The third kappa shape index (κ3) is 2.86. The number of hydrogen-bond donors (Lipinski definition) is 3. The van der Waals surface area contributed by atoms with E-state index in [4.69, 9.17) is 5.73 Å². The van der Waals surface area contributed by atoms with Crippen molar-refractivity contribution in [2.24, 2.45) is 5.92 Å². The number of aliphatic hydroxyl groups excluding tert-OH is 1. The van der Waals surface area contributed by atoms with Crippen LogP contribution in [0.15, 0.2) is 18.2 Å². The van der Waals surface area contributed by atoms with Gasteiger partial charge in [0, 0.05) is 17.9 Å². The van der Waals surface area contributed by atoms with Gasteiger partial charge < -0.3 is 16.2 Å². The van der Waals surface area contributed by atoms with E-state index in [1.165, 1.54) is 12.8 Å². The van der Waals surface area contributed by atoms with Crippen LogP contribution in [0.1, 0.15) is 18.4 Å². The van der Waals surface area contributed by atoms with Crippen LogP contribution in [-0.4, -0.2) is 17.8 Å². The van der Waals surface area contributed by atoms with Crippen molar-refractivity contribution in [2.45, 2.75) is 25.9 Å². The SMILES string of the molecule is Cc1cc(N)cc(NCC(O)C2CC2)c1. The van der Waals surface area contributed by atoms with Gasteiger partial charge in [-0.05, 0) is 49.4 Å². The van der Waals surface area contributed by atoms with Crippen LogP contribution in [0.3, 0.4) is 0 Å². The van der Waals surface area contributed by atoms with Crippen LogP contribution in [0.2, 0.25) is 0 Å². The largest absolute Gasteiger partial charge is 0.399 e. The molecule has 0 spiro atoms. The standard InChI is InChI=1S/C12H18N2O/c1-8-4-10(13)6-11(5-8)14-7-12(15)9-2-3-9/h4-6,9,12,14-15H,2-3,7,13H2,1H3. The van der Waals surface area contributed by atoms with Gasteiger partial charge in [0.2, 0.25) is 0 Å². The third-order valence-electron chi connectivity index (χ3n) is 2.78. The fourth-order valence-electron chi connectivity index (χ4n) is 1.78. The lowest BCUT2D eigenvalue weighted by atomic mass is 10.2. The van der Waals surface area contributed by atoms with Crippen molar-refractivity contribution in [1.82, 2.24) is 0 Å². The van der Waals surface area contributed by atoms with Crippen LogP contribution in [0, 0.1) is 12.8 Å². The van der Waals surface area contributed by atoms with Gasteiger partial charge in [0.05, 0.1) is 6.10 Å². The Balaban J connectivity index is 1.91. The first-order chi connectivity index (χ1) is 7.15. The maximum Gasteiger partial charge on any atom is 0.0740 e. The highest BCUT2D eigenvalue weighted by Gasteiger charge is 2.29. The molecule has 3 heteroatoms. The van der Waals surface area contributed by atoms with Crippen molar-refractivity contribution in [2.75, 3.05) is 17.6 Å². The van der Waals surface area contributed by atoms with Gasteiger partial charge in [-0.2, -0.15) is 0 Å². The number of hydrogen-bond acceptors (Lipinski definition) is 3. The lowest BCUT2D eigenvalue weighted by Crippen LogP contribution is -2.21. The first kappa shape index (κ1) is 10.3. The Morgan fingerprint density at radius 1 is 1.47 bits per heavy atom. The summed E-state index contributed by atoms with van der Waals surface area (Å²) in [5.41, 5.74) is 8.63. The van der Waals surface area contributed by atoms with E-state index in [-0.39, 0.29) is 6.10 Å². The van der Waals surface area contributed by atoms with Crippen molar-refractivity contribution in [1.29, 1.82) is 0 Å². The Kier molecular flexibility index (Phi) is 2.82. The fraction of sp³-hybridized carbons (Fsp3) is 0.500. The summed E-state index contributed by atoms with van der Waals surface area (Å²) < 4.78 is 0. The highest BCUT2D eigenvalue weighted by Crippen LogP contribution is 2.32. The zero-order valence-electron chi connectivity index (χ0n) is 9.03. The minimum atomic E-state index is -0.216. The number of rotatable bonds is 4. The molecule has 4 N–H and O–H groups in total. The van der Waals surface area contributed by atoms with Crippen molar-refractivity contribution in [3.05, 3.63) is 23.8 Å². The van der Waals surface area contributed by atoms with Gasteiger partial charge in [-0.3, -0.25) is 0 Å². The van der Waals surface area contributed by atoms with Crippen LogP contribution < -0.4 is 11.1 Å². The highest BCUT2D eigenvalue weighted by molar-refractivity contribution is 5.56. The molecule has 1 fully saturated rings. The quantitative estimate of drug-likeness (QED) is 0.658. The van der Waals surface area contributed by atoms with E-state index in [1.807, 2.05) is 25.1 Å². The topological polar surface area (TPSA) is 58.3 Å². The molecule has 15 heavy (non-hydrogen) atoms. The van der Waals surface area contributed by atoms with E-state index in [0.29, 0.717) is 12.5 Å². The number of nitrogen functional groups attached to an aromatic ring is 1. The number of nitrogens with one attached hydrogen (secondary N) is 1. The number of nitrogens with two attached hydrogens (primary N) is 1. The molecule has 1 atom stereocenters. The number of aryl methyl sites for hydroxylation is 1. The van der Waals surface area contributed by atoms with Gasteiger partial charge in [-0.25, -0.2) is 0 Å². The average molecular weight is 206 g/mol. The minimum absolute atomic E-state index is 0.216. The van der Waals surface area contributed by atoms with Gasteiger partial charge in [-0.15, -0.1) is 0 Å². The Labute approximate surface area is 90.3 Å². The first-order valence-corrected chi connectivity index (χ1v) is 5.44. The van der Waals surface area contributed by atoms with E-state index in [2.05, 4.69) is 5.32 Å². The lowest BCUT2D eigenvalue weighted by Gasteiger charge is -2.12. The van der Waals surface area contributed by atoms with Crippen LogP contribution in [0.5, 0.6) is 0 Å². The van der Waals surface area contributed by atoms with Crippen LogP contribution in [0.25, 0.3) is 0 Å². The smallest absolute Gasteiger partial charge is 0.0740 e. The van der Waals surface area contributed by atoms with E-state index in [0.717, 1.165) is 16.9 Å². The zero-order valence-corrected chi connectivity index (χ0v) is 9.03. The van der Waals surface area contributed by atoms with Gasteiger partial charge in [0.25, 0.3) is 0 Å². The zero-order chi connectivity index (χ0) is 10.8. The fourth-order valence-corrected chi connectivity index (χ4v) is 1.78. The summed E-state index contributed by atoms with van der Waals surface area (Å²) in [6.07, 6.45) is 2.11. The van der Waals surface area contributed by atoms with Crippen LogP contribution in [-0.2, 0) is 0 Å². The van der Waals surface area contributed by atoms with Crippen LogP contribution >= 0.6 is 0 Å². The molecule has 0 heterocycles. The lowest BCUT2D eigenvalue weighted by molar-refractivity contribution is 0.164. The van der Waals surface area contributed by atoms with E-state index in [9.17, 15) is 5.11 Å². The minimum Gasteiger partial charge on any atom is -0.399 e. The summed E-state index contributed by atoms with van der Waals surface area (Å²) in [4.78, 5) is 0. The van der Waals surface area contributed by atoms with Crippen LogP contribution in [0.4, 0.5) is 11.4 Å². The average Bonchev–Trinajstić information content (AvgIpc) is 2.95. The summed E-state index contributed by atoms with van der Waals surface area (Å²) in [5, 5.41) is 12.9. The van der Waals surface area contributed by atoms with Crippen molar-refractivity contribution in [3.63, 3.8) is 0 Å². The molecule has 1 aromatic rings. The monoisotopic (exact) mass is 206 g/mol. The highest BCUT2D eigenvalue weighted by atomic mass is 16.3. The summed E-state index contributed by atoms with van der Waals surface area (Å²) in [6, 6.07) is 5.87. The first-order valence-electron chi connectivity index (χ1n) is 5.44. The summed E-state index contributed by atoms with van der Waals surface area (Å²) in [5.74, 6) is 0.514. The molecule has 1 aliphatic rings. The molecule has 1 unspecified atom stereocenters. The predicted molar refractivity (Wildman–Crippen MR) is 62.8 cm³/mol. The van der Waals surface area contributed by atoms with Gasteiger partial charge in [-0.1, -0.05) is 0 Å². The molecule has 0 aliphatic heterocycles. The molecule has 0 amide bonds. The molecule has 0 bridgehead atoms. The Morgan fingerprint density at radius 3 is 2.80 bits per heavy atom. The summed E-state index contributed by atoms with van der Waals surface area (Å²) >= 11 is 0. The van der Waals surface area contributed by atoms with E-state index in [1.54, 1.807) is 0 Å². The third-order valence-corrected chi connectivity index (χ3v) is 2.78.